The Morgan fingerprint density at radius 1 is 0.380 bits per heavy atom. The maximum absolute atomic E-state index is 12.7. The second kappa shape index (κ2) is 63.6. The molecule has 2 unspecified atom stereocenters. The molecule has 0 aromatic carbocycles. The molecule has 452 valence electrons. The quantitative estimate of drug-likeness (QED) is 0.0264. The molecule has 0 amide bonds. The molecule has 0 radical (unpaired) electrons. The van der Waals surface area contributed by atoms with Crippen LogP contribution in [0.25, 0.3) is 0 Å². The number of ether oxygens (including phenoxy) is 2. The largest absolute Gasteiger partial charge is 0.472 e. The Kier molecular flexibility index (Phi) is 60.7. The summed E-state index contributed by atoms with van der Waals surface area (Å²) in [6.07, 6.45) is 88.3. The fourth-order valence-electron chi connectivity index (χ4n) is 8.69. The summed E-state index contributed by atoms with van der Waals surface area (Å²) < 4.78 is 33.1. The van der Waals surface area contributed by atoms with Crippen LogP contribution in [-0.2, 0) is 32.7 Å². The Morgan fingerprint density at radius 2 is 0.658 bits per heavy atom. The molecule has 0 saturated carbocycles. The minimum atomic E-state index is -4.40. The molecule has 0 rings (SSSR count). The Hall–Kier alpha value is -3.59. The summed E-state index contributed by atoms with van der Waals surface area (Å²) in [4.78, 5) is 35.3. The highest BCUT2D eigenvalue weighted by molar-refractivity contribution is 7.47. The molecule has 0 aliphatic heterocycles. The van der Waals surface area contributed by atoms with Crippen molar-refractivity contribution in [3.63, 3.8) is 0 Å². The van der Waals surface area contributed by atoms with Gasteiger partial charge in [0.25, 0.3) is 0 Å². The average Bonchev–Trinajstić information content (AvgIpc) is 3.44. The average molecular weight is 1120 g/mol. The van der Waals surface area contributed by atoms with Gasteiger partial charge in [0.15, 0.2) is 6.10 Å². The van der Waals surface area contributed by atoms with Crippen LogP contribution >= 0.6 is 7.82 Å². The van der Waals surface area contributed by atoms with Crippen molar-refractivity contribution in [1.82, 2.24) is 0 Å². The molecule has 3 N–H and O–H groups in total. The van der Waals surface area contributed by atoms with E-state index in [0.717, 1.165) is 109 Å². The van der Waals surface area contributed by atoms with Crippen molar-refractivity contribution in [2.24, 2.45) is 5.73 Å². The van der Waals surface area contributed by atoms with Crippen molar-refractivity contribution in [2.75, 3.05) is 26.4 Å². The lowest BCUT2D eigenvalue weighted by Gasteiger charge is -2.19. The van der Waals surface area contributed by atoms with Gasteiger partial charge in [0.1, 0.15) is 6.61 Å². The van der Waals surface area contributed by atoms with Crippen LogP contribution in [0.3, 0.4) is 0 Å². The van der Waals surface area contributed by atoms with E-state index in [1.165, 1.54) is 128 Å². The molecule has 0 heterocycles. The van der Waals surface area contributed by atoms with Crippen molar-refractivity contribution in [1.29, 1.82) is 0 Å². The van der Waals surface area contributed by atoms with E-state index in [4.69, 9.17) is 24.3 Å². The van der Waals surface area contributed by atoms with Gasteiger partial charge in [0.2, 0.25) is 0 Å². The molecule has 0 aliphatic rings. The lowest BCUT2D eigenvalue weighted by atomic mass is 10.0. The van der Waals surface area contributed by atoms with Gasteiger partial charge in [-0.15, -0.1) is 0 Å². The summed E-state index contributed by atoms with van der Waals surface area (Å²) in [5, 5.41) is 0. The van der Waals surface area contributed by atoms with Crippen LogP contribution in [0.1, 0.15) is 271 Å². The standard InChI is InChI=1S/C69H118NO8P/c1-3-5-7-9-11-13-15-17-19-21-23-25-27-29-31-32-33-34-36-38-40-42-44-46-48-50-52-54-56-58-60-62-69(72)78-67(66-77-79(73,74)76-64-63-70)65-75-68(71)61-59-57-55-53-51-49-47-45-43-41-39-37-35-30-28-26-24-22-20-18-16-14-12-10-8-6-4-2/h5-8,11-14,17-20,23-26,29-31,35,67H,3-4,9-10,15-16,21-22,27-28,32-34,36-66,70H2,1-2H3,(H,73,74)/b7-5-,8-6-,13-11-,14-12-,19-17-,20-18-,25-23-,26-24-,31-29-,35-30-. The Balaban J connectivity index is 3.94. The minimum absolute atomic E-state index is 0.0485. The maximum atomic E-state index is 12.7. The summed E-state index contributed by atoms with van der Waals surface area (Å²) in [6, 6.07) is 0. The Bertz CT molecular complexity index is 1710. The van der Waals surface area contributed by atoms with Crippen molar-refractivity contribution < 1.29 is 37.6 Å². The number of carbonyl (C=O) groups excluding carboxylic acids is 2. The monoisotopic (exact) mass is 1120 g/mol. The van der Waals surface area contributed by atoms with Crippen LogP contribution in [0, 0.1) is 0 Å². The lowest BCUT2D eigenvalue weighted by molar-refractivity contribution is -0.161. The predicted octanol–water partition coefficient (Wildman–Crippen LogP) is 20.7. The molecule has 79 heavy (non-hydrogen) atoms. The number of phosphoric acid groups is 1. The first-order valence-corrected chi connectivity index (χ1v) is 33.5. The zero-order valence-electron chi connectivity index (χ0n) is 50.6. The van der Waals surface area contributed by atoms with Crippen LogP contribution in [0.2, 0.25) is 0 Å². The molecule has 9 nitrogen and oxygen atoms in total. The first-order valence-electron chi connectivity index (χ1n) is 32.0. The molecular formula is C69H118NO8P. The van der Waals surface area contributed by atoms with Crippen molar-refractivity contribution in [2.45, 2.75) is 277 Å². The van der Waals surface area contributed by atoms with Gasteiger partial charge < -0.3 is 20.1 Å². The van der Waals surface area contributed by atoms with Crippen LogP contribution in [0.4, 0.5) is 0 Å². The van der Waals surface area contributed by atoms with E-state index in [0.29, 0.717) is 6.42 Å². The van der Waals surface area contributed by atoms with E-state index in [2.05, 4.69) is 135 Å². The van der Waals surface area contributed by atoms with E-state index in [1.54, 1.807) is 0 Å². The first-order chi connectivity index (χ1) is 38.8. The van der Waals surface area contributed by atoms with Crippen molar-refractivity contribution >= 4 is 19.8 Å². The van der Waals surface area contributed by atoms with Crippen LogP contribution < -0.4 is 5.73 Å². The van der Waals surface area contributed by atoms with E-state index in [9.17, 15) is 19.0 Å². The van der Waals surface area contributed by atoms with E-state index < -0.39 is 26.5 Å². The highest BCUT2D eigenvalue weighted by Gasteiger charge is 2.26. The summed E-state index contributed by atoms with van der Waals surface area (Å²) >= 11 is 0. The topological polar surface area (TPSA) is 134 Å². The fraction of sp³-hybridized carbons (Fsp3) is 0.681. The van der Waals surface area contributed by atoms with Gasteiger partial charge in [0.05, 0.1) is 13.2 Å². The second-order valence-electron chi connectivity index (χ2n) is 20.9. The summed E-state index contributed by atoms with van der Waals surface area (Å²) in [6.45, 7) is 3.53. The first kappa shape index (κ1) is 75.4. The van der Waals surface area contributed by atoms with E-state index in [-0.39, 0.29) is 38.6 Å². The van der Waals surface area contributed by atoms with E-state index in [1.807, 2.05) is 0 Å². The summed E-state index contributed by atoms with van der Waals surface area (Å²) in [5.41, 5.74) is 5.39. The van der Waals surface area contributed by atoms with Gasteiger partial charge in [-0.05, 0) is 103 Å². The Morgan fingerprint density at radius 3 is 0.975 bits per heavy atom. The van der Waals surface area contributed by atoms with Gasteiger partial charge >= 0.3 is 19.8 Å². The summed E-state index contributed by atoms with van der Waals surface area (Å²) in [5.74, 6) is -0.831. The number of allylic oxidation sites excluding steroid dienone is 20. The number of esters is 2. The SMILES string of the molecule is CC/C=C\C/C=C\C/C=C\C/C=C\C/C=C\CCCCCCCCCCCCCCCCCC(=O)OC(COC(=O)CCCCCCCCCCCCC/C=C\C/C=C\C/C=C\C/C=C\C/C=C\CC)COP(=O)(O)OCCN. The molecular weight excluding hydrogens is 1000 g/mol. The number of nitrogens with two attached hydrogens (primary N) is 1. The number of rotatable bonds is 59. The zero-order chi connectivity index (χ0) is 57.3. The van der Waals surface area contributed by atoms with Gasteiger partial charge in [-0.1, -0.05) is 277 Å². The van der Waals surface area contributed by atoms with Gasteiger partial charge in [-0.2, -0.15) is 0 Å². The zero-order valence-corrected chi connectivity index (χ0v) is 51.5. The number of unbranched alkanes of at least 4 members (excludes halogenated alkanes) is 26. The number of hydrogen-bond acceptors (Lipinski definition) is 8. The summed E-state index contributed by atoms with van der Waals surface area (Å²) in [7, 11) is -4.40. The Labute approximate surface area is 485 Å². The molecule has 0 bridgehead atoms. The van der Waals surface area contributed by atoms with Crippen LogP contribution in [-0.4, -0.2) is 49.3 Å². The molecule has 10 heteroatoms. The molecule has 0 aliphatic carbocycles. The molecule has 0 aromatic heterocycles. The second-order valence-corrected chi connectivity index (χ2v) is 22.3. The number of carbonyl (C=O) groups is 2. The van der Waals surface area contributed by atoms with Crippen molar-refractivity contribution in [3.05, 3.63) is 122 Å². The lowest BCUT2D eigenvalue weighted by Crippen LogP contribution is -2.29. The number of hydrogen-bond donors (Lipinski definition) is 2. The highest BCUT2D eigenvalue weighted by Crippen LogP contribution is 2.43. The minimum Gasteiger partial charge on any atom is -0.462 e. The normalized spacial score (nSPS) is 13.8. The maximum Gasteiger partial charge on any atom is 0.472 e. The third-order valence-corrected chi connectivity index (χ3v) is 14.3. The molecule has 0 saturated heterocycles. The highest BCUT2D eigenvalue weighted by atomic mass is 31.2. The van der Waals surface area contributed by atoms with Crippen molar-refractivity contribution in [3.8, 4) is 0 Å². The molecule has 0 fully saturated rings. The van der Waals surface area contributed by atoms with Gasteiger partial charge in [0, 0.05) is 19.4 Å². The third kappa shape index (κ3) is 63.5. The van der Waals surface area contributed by atoms with Gasteiger partial charge in [-0.3, -0.25) is 18.6 Å². The van der Waals surface area contributed by atoms with Crippen LogP contribution in [0.15, 0.2) is 122 Å². The predicted molar refractivity (Wildman–Crippen MR) is 339 cm³/mol. The van der Waals surface area contributed by atoms with Crippen LogP contribution in [0.5, 0.6) is 0 Å². The molecule has 0 spiro atoms. The smallest absolute Gasteiger partial charge is 0.462 e. The third-order valence-electron chi connectivity index (χ3n) is 13.3. The van der Waals surface area contributed by atoms with Gasteiger partial charge in [-0.25, -0.2) is 4.57 Å². The van der Waals surface area contributed by atoms with E-state index >= 15 is 0 Å². The number of phosphoric ester groups is 1. The fourth-order valence-corrected chi connectivity index (χ4v) is 9.46. The molecule has 2 atom stereocenters. The molecule has 0 aromatic rings.